The average molecular weight is 772 g/mol. The Bertz CT molecular complexity index is 2470. The Hall–Kier alpha value is -5.36. The molecule has 2 N–H and O–H groups in total. The number of hydrogen-bond acceptors (Lipinski definition) is 11. The second-order valence-electron chi connectivity index (χ2n) is 15.2. The average Bonchev–Trinajstić information content (AvgIpc) is 3.87. The normalized spacial score (nSPS) is 21.5. The van der Waals surface area contributed by atoms with Crippen LogP contribution in [0.3, 0.4) is 0 Å². The van der Waals surface area contributed by atoms with Crippen LogP contribution in [0.5, 0.6) is 0 Å². The molecule has 8 rings (SSSR count). The second kappa shape index (κ2) is 14.4. The number of para-hydroxylation sites is 1. The molecule has 2 aliphatic heterocycles. The number of anilines is 2. The number of benzene rings is 1. The lowest BCUT2D eigenvalue weighted by Gasteiger charge is -2.40. The Labute approximate surface area is 317 Å². The first-order valence-corrected chi connectivity index (χ1v) is 20.6. The van der Waals surface area contributed by atoms with E-state index in [-0.39, 0.29) is 40.3 Å². The quantitative estimate of drug-likeness (QED) is 0.210. The number of sulfone groups is 1. The summed E-state index contributed by atoms with van der Waals surface area (Å²) in [4.78, 5) is 60.1. The molecule has 0 radical (unpaired) electrons. The molecule has 1 saturated carbocycles. The highest BCUT2D eigenvalue weighted by atomic mass is 32.2. The zero-order valence-electron chi connectivity index (χ0n) is 31.1. The highest BCUT2D eigenvalue weighted by Crippen LogP contribution is 2.36. The van der Waals surface area contributed by atoms with Crippen LogP contribution in [0.15, 0.2) is 58.9 Å². The van der Waals surface area contributed by atoms with Crippen molar-refractivity contribution < 1.29 is 22.8 Å². The molecule has 17 nitrogen and oxygen atoms in total. The number of aromatic nitrogens is 7. The molecular formula is C37H45N11O6S. The van der Waals surface area contributed by atoms with E-state index in [1.54, 1.807) is 41.0 Å². The standard InChI is InChI=1S/C37H45N11O6S/c1-43(24-14-18-45(19-15-24)28-6-4-7-29-32(28)44(2)37(52)48(29)30-12-13-31(49)41-35(30)51)21-23-8-10-25(11-9-23)47-22-27(36(42-47)55(3,53)54)40-34(50)26-20-39-46-17-5-16-38-33(26)46/h4-7,16-17,20,22-25,30H,8-15,18-19,21H2,1-3H3,(H,40,50)(H,41,49,51). The molecular weight excluding hydrogens is 727 g/mol. The fraction of sp³-hybridized carbons (Fsp3) is 0.486. The molecule has 1 atom stereocenters. The fourth-order valence-corrected chi connectivity index (χ4v) is 9.44. The summed E-state index contributed by atoms with van der Waals surface area (Å²) in [7, 11) is 0.204. The molecule has 0 bridgehead atoms. The first kappa shape index (κ1) is 36.6. The van der Waals surface area contributed by atoms with Gasteiger partial charge in [-0.25, -0.2) is 22.7 Å². The molecule has 290 valence electrons. The molecule has 3 amide bonds. The van der Waals surface area contributed by atoms with Crippen LogP contribution >= 0.6 is 0 Å². The van der Waals surface area contributed by atoms with Crippen LogP contribution in [0.2, 0.25) is 0 Å². The third-order valence-corrected chi connectivity index (χ3v) is 12.6. The van der Waals surface area contributed by atoms with Gasteiger partial charge < -0.3 is 15.1 Å². The molecule has 5 aromatic rings. The maximum atomic E-state index is 13.4. The smallest absolute Gasteiger partial charge is 0.329 e. The molecule has 2 saturated heterocycles. The Morgan fingerprint density at radius 1 is 1.04 bits per heavy atom. The van der Waals surface area contributed by atoms with Crippen LogP contribution in [0.25, 0.3) is 16.7 Å². The second-order valence-corrected chi connectivity index (χ2v) is 17.1. The molecule has 3 aliphatic rings. The number of imide groups is 1. The monoisotopic (exact) mass is 771 g/mol. The van der Waals surface area contributed by atoms with Gasteiger partial charge in [-0.15, -0.1) is 0 Å². The van der Waals surface area contributed by atoms with Crippen molar-refractivity contribution in [1.29, 1.82) is 0 Å². The highest BCUT2D eigenvalue weighted by Gasteiger charge is 2.34. The third-order valence-electron chi connectivity index (χ3n) is 11.6. The number of carbonyl (C=O) groups is 3. The van der Waals surface area contributed by atoms with Gasteiger partial charge in [0.15, 0.2) is 20.5 Å². The number of carbonyl (C=O) groups excluding carboxylic acids is 3. The fourth-order valence-electron chi connectivity index (χ4n) is 8.70. The van der Waals surface area contributed by atoms with Crippen molar-refractivity contribution in [2.24, 2.45) is 13.0 Å². The van der Waals surface area contributed by atoms with E-state index in [9.17, 15) is 27.6 Å². The number of rotatable bonds is 9. The molecule has 55 heavy (non-hydrogen) atoms. The van der Waals surface area contributed by atoms with Gasteiger partial charge in [0.1, 0.15) is 11.6 Å². The van der Waals surface area contributed by atoms with Crippen molar-refractivity contribution in [3.63, 3.8) is 0 Å². The van der Waals surface area contributed by atoms with Gasteiger partial charge in [-0.2, -0.15) is 10.2 Å². The maximum Gasteiger partial charge on any atom is 0.329 e. The number of aryl methyl sites for hydroxylation is 1. The van der Waals surface area contributed by atoms with Gasteiger partial charge in [-0.1, -0.05) is 6.07 Å². The minimum atomic E-state index is -3.73. The minimum absolute atomic E-state index is 0.0121. The van der Waals surface area contributed by atoms with Crippen LogP contribution in [0.1, 0.15) is 73.8 Å². The lowest BCUT2D eigenvalue weighted by atomic mass is 9.85. The number of nitrogens with zero attached hydrogens (tertiary/aromatic N) is 9. The van der Waals surface area contributed by atoms with Gasteiger partial charge in [0.25, 0.3) is 5.91 Å². The van der Waals surface area contributed by atoms with Crippen molar-refractivity contribution in [2.75, 3.05) is 43.2 Å². The van der Waals surface area contributed by atoms with E-state index in [1.807, 2.05) is 18.2 Å². The minimum Gasteiger partial charge on any atom is -0.370 e. The Morgan fingerprint density at radius 2 is 1.80 bits per heavy atom. The maximum absolute atomic E-state index is 13.4. The van der Waals surface area contributed by atoms with E-state index in [0.29, 0.717) is 29.5 Å². The lowest BCUT2D eigenvalue weighted by molar-refractivity contribution is -0.135. The summed E-state index contributed by atoms with van der Waals surface area (Å²) in [6.07, 6.45) is 13.4. The molecule has 18 heteroatoms. The van der Waals surface area contributed by atoms with Crippen LogP contribution in [0, 0.1) is 5.92 Å². The topological polar surface area (TPSA) is 191 Å². The van der Waals surface area contributed by atoms with Crippen LogP contribution in [-0.2, 0) is 26.5 Å². The lowest BCUT2D eigenvalue weighted by Crippen LogP contribution is -2.45. The number of hydrogen-bond donors (Lipinski definition) is 2. The van der Waals surface area contributed by atoms with E-state index in [4.69, 9.17) is 0 Å². The van der Waals surface area contributed by atoms with E-state index < -0.39 is 27.7 Å². The van der Waals surface area contributed by atoms with E-state index in [0.717, 1.165) is 75.6 Å². The summed E-state index contributed by atoms with van der Waals surface area (Å²) in [5.41, 5.74) is 2.92. The largest absolute Gasteiger partial charge is 0.370 e. The predicted molar refractivity (Wildman–Crippen MR) is 204 cm³/mol. The summed E-state index contributed by atoms with van der Waals surface area (Å²) < 4.78 is 31.8. The van der Waals surface area contributed by atoms with Gasteiger partial charge >= 0.3 is 5.69 Å². The van der Waals surface area contributed by atoms with E-state index in [1.165, 1.54) is 15.3 Å². The Kier molecular flexibility index (Phi) is 9.57. The van der Waals surface area contributed by atoms with Gasteiger partial charge in [0, 0.05) is 57.8 Å². The Morgan fingerprint density at radius 3 is 2.53 bits per heavy atom. The van der Waals surface area contributed by atoms with E-state index >= 15 is 0 Å². The zero-order valence-corrected chi connectivity index (χ0v) is 31.9. The van der Waals surface area contributed by atoms with Crippen LogP contribution < -0.4 is 21.2 Å². The summed E-state index contributed by atoms with van der Waals surface area (Å²) in [6.45, 7) is 2.61. The van der Waals surface area contributed by atoms with Crippen molar-refractivity contribution in [1.82, 2.24) is 43.7 Å². The number of imidazole rings is 1. The summed E-state index contributed by atoms with van der Waals surface area (Å²) in [5.74, 6) is -0.777. The molecule has 4 aromatic heterocycles. The molecule has 1 unspecified atom stereocenters. The molecule has 1 aromatic carbocycles. The predicted octanol–water partition coefficient (Wildman–Crippen LogP) is 2.54. The number of fused-ring (bicyclic) bond motifs is 2. The van der Waals surface area contributed by atoms with Crippen LogP contribution in [-0.4, -0.2) is 104 Å². The molecule has 3 fully saturated rings. The van der Waals surface area contributed by atoms with Gasteiger partial charge in [-0.3, -0.25) is 33.5 Å². The van der Waals surface area contributed by atoms with Crippen molar-refractivity contribution in [2.45, 2.75) is 74.5 Å². The van der Waals surface area contributed by atoms with Gasteiger partial charge in [0.05, 0.1) is 40.8 Å². The summed E-state index contributed by atoms with van der Waals surface area (Å²) in [6, 6.07) is 7.23. The Balaban J connectivity index is 0.879. The van der Waals surface area contributed by atoms with Crippen molar-refractivity contribution in [3.05, 3.63) is 65.1 Å². The highest BCUT2D eigenvalue weighted by molar-refractivity contribution is 7.90. The zero-order chi connectivity index (χ0) is 38.6. The SMILES string of the molecule is CN(CC1CCC(n2cc(NC(=O)c3cnn4cccnc34)c(S(C)(=O)=O)n2)CC1)C1CCN(c2cccc3c2n(C)c(=O)n3C2CCC(=O)NC2=O)CC1. The first-order valence-electron chi connectivity index (χ1n) is 18.7. The van der Waals surface area contributed by atoms with Crippen LogP contribution in [0.4, 0.5) is 11.4 Å². The molecule has 6 heterocycles. The number of nitrogens with one attached hydrogen (secondary N) is 2. The summed E-state index contributed by atoms with van der Waals surface area (Å²) in [5, 5.41) is 13.6. The van der Waals surface area contributed by atoms with Gasteiger partial charge in [0.2, 0.25) is 11.8 Å². The first-order chi connectivity index (χ1) is 26.4. The van der Waals surface area contributed by atoms with E-state index in [2.05, 4.69) is 42.7 Å². The van der Waals surface area contributed by atoms with Crippen molar-refractivity contribution >= 4 is 55.6 Å². The van der Waals surface area contributed by atoms with Crippen molar-refractivity contribution in [3.8, 4) is 0 Å². The summed E-state index contributed by atoms with van der Waals surface area (Å²) >= 11 is 0. The third kappa shape index (κ3) is 6.92. The number of piperidine rings is 2. The molecule has 0 spiro atoms. The molecule has 1 aliphatic carbocycles. The van der Waals surface area contributed by atoms with Gasteiger partial charge in [-0.05, 0) is 76.1 Å². The number of amides is 3.